The molecule has 2 aromatic rings. The molecule has 0 saturated carbocycles. The summed E-state index contributed by atoms with van der Waals surface area (Å²) < 4.78 is 19.1. The maximum absolute atomic E-state index is 12.9. The molecule has 148 valence electrons. The first-order valence-corrected chi connectivity index (χ1v) is 9.50. The highest BCUT2D eigenvalue weighted by atomic mass is 19.1. The number of carbonyl (C=O) groups is 2. The number of aromatic nitrogens is 1. The summed E-state index contributed by atoms with van der Waals surface area (Å²) in [5, 5.41) is 3.66. The Morgan fingerprint density at radius 1 is 1.19 bits per heavy atom. The maximum Gasteiger partial charge on any atom is 0.328 e. The molecule has 1 aromatic heterocycles. The van der Waals surface area contributed by atoms with Crippen molar-refractivity contribution in [3.63, 3.8) is 0 Å². The van der Waals surface area contributed by atoms with Crippen LogP contribution in [0.4, 0.5) is 4.39 Å². The number of benzene rings is 1. The summed E-state index contributed by atoms with van der Waals surface area (Å²) in [6, 6.07) is 7.01. The number of halogens is 1. The van der Waals surface area contributed by atoms with Gasteiger partial charge in [0, 0.05) is 23.6 Å². The van der Waals surface area contributed by atoms with Crippen LogP contribution in [0.3, 0.4) is 0 Å². The monoisotopic (exact) mass is 376 g/mol. The minimum absolute atomic E-state index is 0.242. The highest BCUT2D eigenvalue weighted by molar-refractivity contribution is 6.08. The number of nitrogens with one attached hydrogen (secondary N) is 1. The van der Waals surface area contributed by atoms with Crippen molar-refractivity contribution in [2.45, 2.75) is 52.1 Å². The number of ether oxygens (including phenoxy) is 1. The molecular formula is C21H29FN2O3. The molecule has 0 aliphatic rings. The molecule has 0 fully saturated rings. The fourth-order valence-electron chi connectivity index (χ4n) is 3.23. The smallest absolute Gasteiger partial charge is 0.328 e. The van der Waals surface area contributed by atoms with Gasteiger partial charge < -0.3 is 14.6 Å². The summed E-state index contributed by atoms with van der Waals surface area (Å²) in [5.41, 5.74) is 1.50. The highest BCUT2D eigenvalue weighted by Gasteiger charge is 2.24. The van der Waals surface area contributed by atoms with Gasteiger partial charge in [-0.15, -0.1) is 0 Å². The average Bonchev–Trinajstić information content (AvgIpc) is 3.02. The molecule has 0 unspecified atom stereocenters. The predicted molar refractivity (Wildman–Crippen MR) is 104 cm³/mol. The van der Waals surface area contributed by atoms with Crippen LogP contribution in [0.15, 0.2) is 30.5 Å². The second-order valence-electron chi connectivity index (χ2n) is 7.18. The lowest BCUT2D eigenvalue weighted by Crippen LogP contribution is -2.42. The Morgan fingerprint density at radius 3 is 2.59 bits per heavy atom. The largest absolute Gasteiger partial charge is 0.467 e. The van der Waals surface area contributed by atoms with E-state index in [-0.39, 0.29) is 18.5 Å². The number of nitrogens with zero attached hydrogens (tertiary/aromatic N) is 1. The van der Waals surface area contributed by atoms with Crippen LogP contribution in [0.1, 0.15) is 49.9 Å². The second-order valence-corrected chi connectivity index (χ2v) is 7.18. The van der Waals surface area contributed by atoms with Crippen LogP contribution in [0.2, 0.25) is 0 Å². The molecule has 0 radical (unpaired) electrons. The Bertz CT molecular complexity index is 770. The van der Waals surface area contributed by atoms with E-state index in [1.54, 1.807) is 0 Å². The predicted octanol–water partition coefficient (Wildman–Crippen LogP) is 4.10. The van der Waals surface area contributed by atoms with Crippen molar-refractivity contribution in [1.82, 2.24) is 9.88 Å². The summed E-state index contributed by atoms with van der Waals surface area (Å²) >= 11 is 0. The van der Waals surface area contributed by atoms with Crippen molar-refractivity contribution in [2.24, 2.45) is 5.92 Å². The van der Waals surface area contributed by atoms with Gasteiger partial charge in [0.05, 0.1) is 19.3 Å². The normalized spacial score (nSPS) is 12.3. The molecule has 0 spiro atoms. The van der Waals surface area contributed by atoms with E-state index in [0.29, 0.717) is 18.4 Å². The summed E-state index contributed by atoms with van der Waals surface area (Å²) in [4.78, 5) is 24.9. The molecule has 27 heavy (non-hydrogen) atoms. The third kappa shape index (κ3) is 5.55. The molecule has 0 bridgehead atoms. The Balaban J connectivity index is 2.23. The Labute approximate surface area is 159 Å². The van der Waals surface area contributed by atoms with E-state index in [2.05, 4.69) is 5.32 Å². The van der Waals surface area contributed by atoms with Crippen LogP contribution in [-0.4, -0.2) is 36.3 Å². The first-order chi connectivity index (χ1) is 13.0. The molecule has 1 amide bonds. The second kappa shape index (κ2) is 10.1. The van der Waals surface area contributed by atoms with E-state index in [4.69, 9.17) is 4.74 Å². The zero-order chi connectivity index (χ0) is 19.8. The molecule has 0 saturated heterocycles. The lowest BCUT2D eigenvalue weighted by atomic mass is 10.0. The van der Waals surface area contributed by atoms with Crippen LogP contribution in [-0.2, 0) is 16.1 Å². The van der Waals surface area contributed by atoms with Crippen molar-refractivity contribution in [2.75, 3.05) is 13.8 Å². The number of carbonyl (C=O) groups excluding carboxylic acids is 2. The van der Waals surface area contributed by atoms with Crippen LogP contribution in [0, 0.1) is 5.92 Å². The van der Waals surface area contributed by atoms with Crippen LogP contribution in [0.25, 0.3) is 10.9 Å². The van der Waals surface area contributed by atoms with Crippen molar-refractivity contribution in [3.05, 3.63) is 36.0 Å². The van der Waals surface area contributed by atoms with E-state index in [1.165, 1.54) is 7.11 Å². The Hall–Kier alpha value is -2.37. The van der Waals surface area contributed by atoms with Gasteiger partial charge in [-0.05, 0) is 37.7 Å². The molecule has 0 aliphatic heterocycles. The molecule has 2 rings (SSSR count). The van der Waals surface area contributed by atoms with Gasteiger partial charge in [0.25, 0.3) is 5.91 Å². The average molecular weight is 376 g/mol. The fraction of sp³-hybridized carbons (Fsp3) is 0.524. The number of amides is 1. The standard InChI is InChI=1S/C21H29FN2O3/c1-15(2)13-18(21(26)27-3)23-20(25)17-14-24(12-8-4-7-11-22)19-10-6-5-9-16(17)19/h5-6,9-10,14-15,18H,4,7-8,11-13H2,1-3H3,(H,23,25)/t18-/m1/s1. The molecule has 6 heteroatoms. The highest BCUT2D eigenvalue weighted by Crippen LogP contribution is 2.22. The number of esters is 1. The van der Waals surface area contributed by atoms with E-state index >= 15 is 0 Å². The van der Waals surface area contributed by atoms with Crippen molar-refractivity contribution in [3.8, 4) is 0 Å². The van der Waals surface area contributed by atoms with E-state index < -0.39 is 12.0 Å². The summed E-state index contributed by atoms with van der Waals surface area (Å²) in [6.07, 6.45) is 4.55. The number of aryl methyl sites for hydroxylation is 1. The van der Waals surface area contributed by atoms with E-state index in [9.17, 15) is 14.0 Å². The minimum atomic E-state index is -0.672. The van der Waals surface area contributed by atoms with Gasteiger partial charge >= 0.3 is 5.97 Å². The molecule has 1 N–H and O–H groups in total. The summed E-state index contributed by atoms with van der Waals surface area (Å²) in [6.45, 7) is 4.40. The zero-order valence-corrected chi connectivity index (χ0v) is 16.3. The number of fused-ring (bicyclic) bond motifs is 1. The first kappa shape index (κ1) is 20.9. The Morgan fingerprint density at radius 2 is 1.93 bits per heavy atom. The molecule has 1 atom stereocenters. The van der Waals surface area contributed by atoms with Gasteiger partial charge in [-0.2, -0.15) is 0 Å². The SMILES string of the molecule is COC(=O)[C@@H](CC(C)C)NC(=O)c1cn(CCCCCF)c2ccccc12. The lowest BCUT2D eigenvalue weighted by Gasteiger charge is -2.18. The van der Waals surface area contributed by atoms with Gasteiger partial charge in [-0.1, -0.05) is 32.0 Å². The molecule has 1 heterocycles. The first-order valence-electron chi connectivity index (χ1n) is 9.50. The van der Waals surface area contributed by atoms with Gasteiger partial charge in [-0.3, -0.25) is 9.18 Å². The molecule has 0 aliphatic carbocycles. The lowest BCUT2D eigenvalue weighted by molar-refractivity contribution is -0.143. The van der Waals surface area contributed by atoms with Gasteiger partial charge in [0.2, 0.25) is 0 Å². The van der Waals surface area contributed by atoms with Crippen molar-refractivity contribution >= 4 is 22.8 Å². The van der Waals surface area contributed by atoms with Crippen LogP contribution >= 0.6 is 0 Å². The minimum Gasteiger partial charge on any atom is -0.467 e. The van der Waals surface area contributed by atoms with Gasteiger partial charge in [0.15, 0.2) is 0 Å². The number of para-hydroxylation sites is 1. The number of hydrogen-bond acceptors (Lipinski definition) is 3. The maximum atomic E-state index is 12.9. The number of rotatable bonds is 10. The molecule has 5 nitrogen and oxygen atoms in total. The fourth-order valence-corrected chi connectivity index (χ4v) is 3.23. The third-order valence-electron chi connectivity index (χ3n) is 4.56. The van der Waals surface area contributed by atoms with Gasteiger partial charge in [0.1, 0.15) is 6.04 Å². The number of methoxy groups -OCH3 is 1. The molecular weight excluding hydrogens is 347 g/mol. The molecule has 1 aromatic carbocycles. The van der Waals surface area contributed by atoms with E-state index in [1.807, 2.05) is 48.9 Å². The summed E-state index contributed by atoms with van der Waals surface area (Å²) in [7, 11) is 1.32. The van der Waals surface area contributed by atoms with Crippen LogP contribution in [0.5, 0.6) is 0 Å². The van der Waals surface area contributed by atoms with E-state index in [0.717, 1.165) is 30.3 Å². The Kier molecular flexibility index (Phi) is 7.82. The number of alkyl halides is 1. The third-order valence-corrected chi connectivity index (χ3v) is 4.56. The van der Waals surface area contributed by atoms with Crippen molar-refractivity contribution < 1.29 is 18.7 Å². The quantitative estimate of drug-likeness (QED) is 0.502. The number of unbranched alkanes of at least 4 members (excludes halogenated alkanes) is 2. The number of hydrogen-bond donors (Lipinski definition) is 1. The topological polar surface area (TPSA) is 60.3 Å². The zero-order valence-electron chi connectivity index (χ0n) is 16.3. The van der Waals surface area contributed by atoms with Gasteiger partial charge in [-0.25, -0.2) is 4.79 Å². The van der Waals surface area contributed by atoms with Crippen LogP contribution < -0.4 is 5.32 Å². The summed E-state index contributed by atoms with van der Waals surface area (Å²) in [5.74, 6) is -0.483. The van der Waals surface area contributed by atoms with Crippen molar-refractivity contribution in [1.29, 1.82) is 0 Å².